The Morgan fingerprint density at radius 1 is 1.15 bits per heavy atom. The standard InChI is InChI=1S/C13H12ClFN2O2S/c14-10-5-3-6-11(15)13(10)17-20(18,19)8-9-4-1-2-7-12(9)16/h1-7,17H,8,16H2. The van der Waals surface area contributed by atoms with Gasteiger partial charge in [-0.3, -0.25) is 4.72 Å². The first-order valence-corrected chi connectivity index (χ1v) is 7.70. The molecule has 0 radical (unpaired) electrons. The quantitative estimate of drug-likeness (QED) is 0.852. The van der Waals surface area contributed by atoms with Gasteiger partial charge in [-0.2, -0.15) is 0 Å². The Kier molecular flexibility index (Phi) is 4.15. The molecule has 2 rings (SSSR count). The maximum atomic E-state index is 13.6. The molecule has 2 aromatic rings. The van der Waals surface area contributed by atoms with Crippen LogP contribution in [-0.4, -0.2) is 8.42 Å². The minimum atomic E-state index is -3.81. The Morgan fingerprint density at radius 3 is 2.50 bits per heavy atom. The van der Waals surface area contributed by atoms with Crippen LogP contribution in [-0.2, 0) is 15.8 Å². The number of nitrogen functional groups attached to an aromatic ring is 1. The van der Waals surface area contributed by atoms with Crippen LogP contribution in [0, 0.1) is 5.82 Å². The molecule has 0 bridgehead atoms. The predicted octanol–water partition coefficient (Wildman–Crippen LogP) is 3.00. The summed E-state index contributed by atoms with van der Waals surface area (Å²) in [7, 11) is -3.81. The summed E-state index contributed by atoms with van der Waals surface area (Å²) in [6.07, 6.45) is 0. The van der Waals surface area contributed by atoms with E-state index in [1.165, 1.54) is 12.1 Å². The second-order valence-electron chi connectivity index (χ2n) is 4.16. The highest BCUT2D eigenvalue weighted by Gasteiger charge is 2.17. The monoisotopic (exact) mass is 314 g/mol. The van der Waals surface area contributed by atoms with Crippen molar-refractivity contribution in [1.82, 2.24) is 0 Å². The molecule has 0 heterocycles. The van der Waals surface area contributed by atoms with Gasteiger partial charge in [-0.25, -0.2) is 12.8 Å². The molecule has 0 spiro atoms. The van der Waals surface area contributed by atoms with E-state index < -0.39 is 15.8 Å². The first-order valence-electron chi connectivity index (χ1n) is 5.67. The van der Waals surface area contributed by atoms with Crippen LogP contribution in [0.4, 0.5) is 15.8 Å². The largest absolute Gasteiger partial charge is 0.398 e. The van der Waals surface area contributed by atoms with E-state index in [9.17, 15) is 12.8 Å². The number of rotatable bonds is 4. The highest BCUT2D eigenvalue weighted by molar-refractivity contribution is 7.91. The van der Waals surface area contributed by atoms with Gasteiger partial charge in [0.25, 0.3) is 0 Å². The molecule has 0 amide bonds. The van der Waals surface area contributed by atoms with Crippen LogP contribution in [0.5, 0.6) is 0 Å². The average Bonchev–Trinajstić information content (AvgIpc) is 2.37. The molecule has 0 fully saturated rings. The van der Waals surface area contributed by atoms with Gasteiger partial charge in [0.2, 0.25) is 10.0 Å². The molecule has 0 saturated carbocycles. The first kappa shape index (κ1) is 14.6. The highest BCUT2D eigenvalue weighted by Crippen LogP contribution is 2.26. The first-order chi connectivity index (χ1) is 9.39. The Labute approximate surface area is 121 Å². The Hall–Kier alpha value is -1.79. The van der Waals surface area contributed by atoms with Crippen LogP contribution in [0.1, 0.15) is 5.56 Å². The number of halogens is 2. The van der Waals surface area contributed by atoms with Crippen LogP contribution in [0.2, 0.25) is 5.02 Å². The van der Waals surface area contributed by atoms with Crippen molar-refractivity contribution >= 4 is 33.0 Å². The summed E-state index contributed by atoms with van der Waals surface area (Å²) in [4.78, 5) is 0. The third-order valence-electron chi connectivity index (χ3n) is 2.62. The number of hydrogen-bond acceptors (Lipinski definition) is 3. The van der Waals surface area contributed by atoms with Crippen molar-refractivity contribution in [2.45, 2.75) is 5.75 Å². The molecule has 3 N–H and O–H groups in total. The number of hydrogen-bond donors (Lipinski definition) is 2. The normalized spacial score (nSPS) is 11.3. The van der Waals surface area contributed by atoms with E-state index in [0.717, 1.165) is 6.07 Å². The van der Waals surface area contributed by atoms with Crippen molar-refractivity contribution in [3.8, 4) is 0 Å². The van der Waals surface area contributed by atoms with Crippen LogP contribution >= 0.6 is 11.6 Å². The fourth-order valence-electron chi connectivity index (χ4n) is 1.66. The third-order valence-corrected chi connectivity index (χ3v) is 4.14. The van der Waals surface area contributed by atoms with E-state index in [1.807, 2.05) is 0 Å². The van der Waals surface area contributed by atoms with Gasteiger partial charge < -0.3 is 5.73 Å². The molecule has 106 valence electrons. The number of nitrogens with two attached hydrogens (primary N) is 1. The minimum Gasteiger partial charge on any atom is -0.398 e. The predicted molar refractivity (Wildman–Crippen MR) is 78.5 cm³/mol. The molecule has 0 atom stereocenters. The van der Waals surface area contributed by atoms with E-state index in [1.54, 1.807) is 24.3 Å². The average molecular weight is 315 g/mol. The van der Waals surface area contributed by atoms with Crippen LogP contribution in [0.15, 0.2) is 42.5 Å². The summed E-state index contributed by atoms with van der Waals surface area (Å²) < 4.78 is 39.8. The summed E-state index contributed by atoms with van der Waals surface area (Å²) in [6.45, 7) is 0. The summed E-state index contributed by atoms with van der Waals surface area (Å²) in [5.41, 5.74) is 6.22. The second kappa shape index (κ2) is 5.68. The molecule has 0 aliphatic carbocycles. The van der Waals surface area contributed by atoms with E-state index in [2.05, 4.69) is 4.72 Å². The maximum absolute atomic E-state index is 13.6. The zero-order valence-corrected chi connectivity index (χ0v) is 11.9. The molecule has 0 saturated heterocycles. The van der Waals surface area contributed by atoms with Gasteiger partial charge in [0.05, 0.1) is 10.8 Å². The Bertz CT molecular complexity index is 715. The summed E-state index contributed by atoms with van der Waals surface area (Å²) in [5.74, 6) is -1.09. The van der Waals surface area contributed by atoms with Crippen LogP contribution in [0.3, 0.4) is 0 Å². The van der Waals surface area contributed by atoms with Gasteiger partial charge in [0, 0.05) is 5.69 Å². The lowest BCUT2D eigenvalue weighted by Crippen LogP contribution is -2.17. The lowest BCUT2D eigenvalue weighted by molar-refractivity contribution is 0.598. The number of benzene rings is 2. The van der Waals surface area contributed by atoms with Gasteiger partial charge in [0.1, 0.15) is 11.5 Å². The number of para-hydroxylation sites is 2. The zero-order chi connectivity index (χ0) is 14.8. The minimum absolute atomic E-state index is 0.00499. The van der Waals surface area contributed by atoms with E-state index >= 15 is 0 Å². The summed E-state index contributed by atoms with van der Waals surface area (Å²) >= 11 is 5.78. The molecule has 4 nitrogen and oxygen atoms in total. The lowest BCUT2D eigenvalue weighted by atomic mass is 10.2. The summed E-state index contributed by atoms with van der Waals surface area (Å²) in [6, 6.07) is 10.5. The SMILES string of the molecule is Nc1ccccc1CS(=O)(=O)Nc1c(F)cccc1Cl. The van der Waals surface area contributed by atoms with E-state index in [4.69, 9.17) is 17.3 Å². The van der Waals surface area contributed by atoms with Crippen molar-refractivity contribution in [1.29, 1.82) is 0 Å². The molecule has 0 unspecified atom stereocenters. The molecule has 7 heteroatoms. The Balaban J connectivity index is 2.27. The topological polar surface area (TPSA) is 72.2 Å². The zero-order valence-electron chi connectivity index (χ0n) is 10.3. The fourth-order valence-corrected chi connectivity index (χ4v) is 3.19. The molecular weight excluding hydrogens is 303 g/mol. The fraction of sp³-hybridized carbons (Fsp3) is 0.0769. The van der Waals surface area contributed by atoms with Gasteiger partial charge in [-0.1, -0.05) is 35.9 Å². The van der Waals surface area contributed by atoms with Crippen molar-refractivity contribution in [2.24, 2.45) is 0 Å². The lowest BCUT2D eigenvalue weighted by Gasteiger charge is -2.11. The molecular formula is C13H12ClFN2O2S. The molecule has 2 aromatic carbocycles. The van der Waals surface area contributed by atoms with Crippen molar-refractivity contribution in [3.63, 3.8) is 0 Å². The highest BCUT2D eigenvalue weighted by atomic mass is 35.5. The van der Waals surface area contributed by atoms with Crippen LogP contribution < -0.4 is 10.5 Å². The molecule has 0 aliphatic rings. The Morgan fingerprint density at radius 2 is 1.85 bits per heavy atom. The van der Waals surface area contributed by atoms with Gasteiger partial charge in [0.15, 0.2) is 0 Å². The molecule has 20 heavy (non-hydrogen) atoms. The van der Waals surface area contributed by atoms with E-state index in [-0.39, 0.29) is 16.5 Å². The molecule has 0 aromatic heterocycles. The van der Waals surface area contributed by atoms with Gasteiger partial charge in [-0.05, 0) is 23.8 Å². The van der Waals surface area contributed by atoms with Crippen LogP contribution in [0.25, 0.3) is 0 Å². The summed E-state index contributed by atoms with van der Waals surface area (Å²) in [5, 5.41) is -0.00499. The van der Waals surface area contributed by atoms with Crippen molar-refractivity contribution in [2.75, 3.05) is 10.5 Å². The van der Waals surface area contributed by atoms with Crippen molar-refractivity contribution in [3.05, 3.63) is 58.9 Å². The molecule has 0 aliphatic heterocycles. The number of nitrogens with one attached hydrogen (secondary N) is 1. The van der Waals surface area contributed by atoms with Crippen molar-refractivity contribution < 1.29 is 12.8 Å². The maximum Gasteiger partial charge on any atom is 0.237 e. The van der Waals surface area contributed by atoms with Gasteiger partial charge >= 0.3 is 0 Å². The third kappa shape index (κ3) is 3.40. The smallest absolute Gasteiger partial charge is 0.237 e. The van der Waals surface area contributed by atoms with E-state index in [0.29, 0.717) is 11.3 Å². The second-order valence-corrected chi connectivity index (χ2v) is 6.29. The number of anilines is 2. The number of sulfonamides is 1. The van der Waals surface area contributed by atoms with Gasteiger partial charge in [-0.15, -0.1) is 0 Å².